The summed E-state index contributed by atoms with van der Waals surface area (Å²) in [6, 6.07) is 12.1. The van der Waals surface area contributed by atoms with E-state index in [0.717, 1.165) is 54.8 Å². The zero-order valence-corrected chi connectivity index (χ0v) is 19.3. The van der Waals surface area contributed by atoms with E-state index in [1.165, 1.54) is 24.3 Å². The molecule has 35 heavy (non-hydrogen) atoms. The van der Waals surface area contributed by atoms with E-state index >= 15 is 0 Å². The van der Waals surface area contributed by atoms with Gasteiger partial charge in [0.05, 0.1) is 22.0 Å². The topological polar surface area (TPSA) is 93.9 Å². The number of nitrogens with zero attached hydrogens (tertiary/aromatic N) is 2. The van der Waals surface area contributed by atoms with Gasteiger partial charge in [0, 0.05) is 0 Å². The van der Waals surface area contributed by atoms with Crippen molar-refractivity contribution in [1.29, 1.82) is 0 Å². The van der Waals surface area contributed by atoms with Crippen LogP contribution in [0.2, 0.25) is 5.02 Å². The number of aryl methyl sites for hydroxylation is 3. The molecule has 186 valence electrons. The molecule has 0 bridgehead atoms. The lowest BCUT2D eigenvalue weighted by molar-refractivity contribution is -0.188. The van der Waals surface area contributed by atoms with Gasteiger partial charge in [0.2, 0.25) is 12.2 Å². The molecule has 0 spiro atoms. The first-order valence-electron chi connectivity index (χ1n) is 10.3. The lowest BCUT2D eigenvalue weighted by atomic mass is 10.1. The molecular weight excluding hydrogens is 489 g/mol. The highest BCUT2D eigenvalue weighted by Crippen LogP contribution is 2.31. The number of rotatable bonds is 7. The molecule has 0 amide bonds. The summed E-state index contributed by atoms with van der Waals surface area (Å²) in [5.41, 5.74) is 2.16. The molecule has 0 aliphatic rings. The Hall–Kier alpha value is -3.52. The molecule has 0 aliphatic heterocycles. The van der Waals surface area contributed by atoms with Crippen molar-refractivity contribution in [3.05, 3.63) is 82.4 Å². The maximum atomic E-state index is 12.6. The summed E-state index contributed by atoms with van der Waals surface area (Å²) in [5, 5.41) is 15.3. The number of halogens is 4. The van der Waals surface area contributed by atoms with E-state index in [0.29, 0.717) is 16.5 Å². The van der Waals surface area contributed by atoms with Crippen molar-refractivity contribution < 1.29 is 38.2 Å². The predicted octanol–water partition coefficient (Wildman–Crippen LogP) is 6.56. The minimum Gasteiger partial charge on any atom is -0.457 e. The fourth-order valence-corrected chi connectivity index (χ4v) is 3.26. The van der Waals surface area contributed by atoms with Gasteiger partial charge in [-0.15, -0.1) is 0 Å². The number of ether oxygens (including phenoxy) is 1. The van der Waals surface area contributed by atoms with Crippen LogP contribution in [0.4, 0.5) is 13.2 Å². The molecule has 0 aliphatic carbocycles. The average molecular weight is 511 g/mol. The van der Waals surface area contributed by atoms with Crippen molar-refractivity contribution in [2.75, 3.05) is 0 Å². The van der Waals surface area contributed by atoms with Gasteiger partial charge in [-0.3, -0.25) is 9.78 Å². The smallest absolute Gasteiger partial charge is 0.416 e. The molecule has 0 atom stereocenters. The second-order valence-electron chi connectivity index (χ2n) is 6.94. The third-order valence-electron chi connectivity index (χ3n) is 4.62. The first kappa shape index (κ1) is 27.7. The van der Waals surface area contributed by atoms with E-state index in [9.17, 15) is 13.2 Å². The largest absolute Gasteiger partial charge is 0.457 e. The lowest BCUT2D eigenvalue weighted by Gasteiger charge is -2.10. The minimum absolute atomic E-state index is 0.357. The van der Waals surface area contributed by atoms with Gasteiger partial charge in [-0.2, -0.15) is 23.7 Å². The van der Waals surface area contributed by atoms with Crippen LogP contribution in [0.5, 0.6) is 11.5 Å². The highest BCUT2D eigenvalue weighted by Gasteiger charge is 2.30. The van der Waals surface area contributed by atoms with Crippen LogP contribution >= 0.6 is 11.6 Å². The van der Waals surface area contributed by atoms with E-state index in [2.05, 4.69) is 19.7 Å². The van der Waals surface area contributed by atoms with E-state index < -0.39 is 11.7 Å². The first-order chi connectivity index (χ1) is 16.8. The highest BCUT2D eigenvalue weighted by molar-refractivity contribution is 6.31. The molecule has 2 N–H and O–H groups in total. The van der Waals surface area contributed by atoms with Gasteiger partial charge >= 0.3 is 6.18 Å². The summed E-state index contributed by atoms with van der Waals surface area (Å²) in [6.45, 7) is 2.01. The van der Waals surface area contributed by atoms with Gasteiger partial charge in [-0.1, -0.05) is 30.7 Å². The Bertz CT molecular complexity index is 1110. The van der Waals surface area contributed by atoms with E-state index in [4.69, 9.17) is 26.9 Å². The number of alkyl halides is 3. The van der Waals surface area contributed by atoms with Gasteiger partial charge in [0.25, 0.3) is 0 Å². The van der Waals surface area contributed by atoms with Crippen LogP contribution in [-0.2, 0) is 35.2 Å². The van der Waals surface area contributed by atoms with Crippen molar-refractivity contribution >= 4 is 11.6 Å². The third-order valence-corrected chi connectivity index (χ3v) is 5.06. The van der Waals surface area contributed by atoms with Gasteiger partial charge in [-0.05, 0) is 67.6 Å². The molecule has 7 nitrogen and oxygen atoms in total. The third kappa shape index (κ3) is 9.33. The normalized spacial score (nSPS) is 10.4. The molecule has 0 unspecified atom stereocenters. The van der Waals surface area contributed by atoms with Crippen molar-refractivity contribution in [2.24, 2.45) is 0 Å². The average Bonchev–Trinajstić information content (AvgIpc) is 2.85. The Morgan fingerprint density at radius 1 is 0.857 bits per heavy atom. The number of aromatic nitrogens is 2. The standard InChI is InChI=1S/C22H20ClF3N2O.C2H2O4/c1-2-19-21(23)20(28-14-27-19)5-3-4-15-6-10-17(11-7-15)29-18-12-8-16(9-13-18)22(24,25)26;3-5-1-2-6-4/h6-14H,2-5H2,1H3;3-4H. The maximum absolute atomic E-state index is 12.6. The SMILES string of the molecule is CCc1ncnc(CCCc2ccc(Oc3ccc(C(F)(F)F)cc3)cc2)c1Cl.OOC#COO. The Morgan fingerprint density at radius 3 is 1.91 bits per heavy atom. The van der Waals surface area contributed by atoms with E-state index in [1.54, 1.807) is 18.5 Å². The van der Waals surface area contributed by atoms with Gasteiger partial charge in [0.15, 0.2) is 0 Å². The molecular formula is C24H22ClF3N2O5. The molecule has 3 aromatic rings. The van der Waals surface area contributed by atoms with E-state index in [1.807, 2.05) is 19.1 Å². The van der Waals surface area contributed by atoms with E-state index in [-0.39, 0.29) is 0 Å². The van der Waals surface area contributed by atoms with Crippen molar-refractivity contribution in [1.82, 2.24) is 9.97 Å². The monoisotopic (exact) mass is 510 g/mol. The Morgan fingerprint density at radius 2 is 1.40 bits per heavy atom. The van der Waals surface area contributed by atoms with Gasteiger partial charge < -0.3 is 4.74 Å². The highest BCUT2D eigenvalue weighted by atomic mass is 35.5. The van der Waals surface area contributed by atoms with Crippen LogP contribution in [0.3, 0.4) is 0 Å². The van der Waals surface area contributed by atoms with Crippen LogP contribution < -0.4 is 4.74 Å². The summed E-state index contributed by atoms with van der Waals surface area (Å²) < 4.78 is 43.4. The second-order valence-corrected chi connectivity index (χ2v) is 7.32. The molecule has 3 rings (SSSR count). The van der Waals surface area contributed by atoms with Crippen LogP contribution in [0.15, 0.2) is 54.9 Å². The maximum Gasteiger partial charge on any atom is 0.416 e. The Labute approximate surface area is 204 Å². The van der Waals surface area contributed by atoms with Gasteiger partial charge in [-0.25, -0.2) is 9.97 Å². The Kier molecular flexibility index (Phi) is 11.1. The van der Waals surface area contributed by atoms with Crippen LogP contribution in [-0.4, -0.2) is 20.5 Å². The number of benzene rings is 2. The molecule has 0 radical (unpaired) electrons. The predicted molar refractivity (Wildman–Crippen MR) is 122 cm³/mol. The zero-order chi connectivity index (χ0) is 25.7. The second kappa shape index (κ2) is 14.0. The molecule has 0 saturated heterocycles. The number of hydrogen-bond acceptors (Lipinski definition) is 7. The molecule has 2 aromatic carbocycles. The zero-order valence-electron chi connectivity index (χ0n) is 18.6. The number of hydrogen-bond donors (Lipinski definition) is 2. The van der Waals surface area contributed by atoms with Crippen LogP contribution in [0.25, 0.3) is 0 Å². The molecule has 1 heterocycles. The van der Waals surface area contributed by atoms with Crippen molar-refractivity contribution in [3.63, 3.8) is 0 Å². The molecule has 11 heteroatoms. The fourth-order valence-electron chi connectivity index (χ4n) is 2.94. The summed E-state index contributed by atoms with van der Waals surface area (Å²) in [7, 11) is 0. The summed E-state index contributed by atoms with van der Waals surface area (Å²) >= 11 is 6.32. The van der Waals surface area contributed by atoms with Crippen molar-refractivity contribution in [3.8, 4) is 23.7 Å². The van der Waals surface area contributed by atoms with Crippen molar-refractivity contribution in [2.45, 2.75) is 38.8 Å². The van der Waals surface area contributed by atoms with Crippen LogP contribution in [0, 0.1) is 12.2 Å². The fraction of sp³-hybridized carbons (Fsp3) is 0.250. The van der Waals surface area contributed by atoms with Crippen LogP contribution in [0.1, 0.15) is 35.9 Å². The Balaban J connectivity index is 0.000000641. The summed E-state index contributed by atoms with van der Waals surface area (Å²) in [5.74, 6) is 0.927. The molecule has 0 fully saturated rings. The van der Waals surface area contributed by atoms with Gasteiger partial charge in [0.1, 0.15) is 17.8 Å². The first-order valence-corrected chi connectivity index (χ1v) is 10.7. The molecule has 1 aromatic heterocycles. The summed E-state index contributed by atoms with van der Waals surface area (Å²) in [4.78, 5) is 14.7. The minimum atomic E-state index is -4.35. The quantitative estimate of drug-likeness (QED) is 0.211. The molecule has 0 saturated carbocycles. The summed E-state index contributed by atoms with van der Waals surface area (Å²) in [6.07, 6.45) is 3.53. The lowest BCUT2D eigenvalue weighted by Crippen LogP contribution is -2.03.